The molecule has 20 heavy (non-hydrogen) atoms. The Morgan fingerprint density at radius 3 is 2.40 bits per heavy atom. The maximum absolute atomic E-state index is 12.1. The van der Waals surface area contributed by atoms with E-state index in [9.17, 15) is 8.78 Å². The van der Waals surface area contributed by atoms with Gasteiger partial charge in [0.2, 0.25) is 0 Å². The van der Waals surface area contributed by atoms with E-state index in [4.69, 9.17) is 11.6 Å². The van der Waals surface area contributed by atoms with Gasteiger partial charge in [0.05, 0.1) is 0 Å². The minimum Gasteiger partial charge on any atom is -0.435 e. The van der Waals surface area contributed by atoms with Crippen molar-refractivity contribution in [3.63, 3.8) is 0 Å². The highest BCUT2D eigenvalue weighted by molar-refractivity contribution is 6.19. The zero-order chi connectivity index (χ0) is 14.4. The molecule has 1 aliphatic carbocycles. The molecule has 1 aliphatic rings. The molecular formula is C16H19ClF2O. The van der Waals surface area contributed by atoms with Gasteiger partial charge in [0.1, 0.15) is 5.75 Å². The van der Waals surface area contributed by atoms with Crippen molar-refractivity contribution in [3.8, 4) is 5.75 Å². The van der Waals surface area contributed by atoms with Crippen LogP contribution in [0.4, 0.5) is 8.78 Å². The Labute approximate surface area is 123 Å². The van der Waals surface area contributed by atoms with Gasteiger partial charge < -0.3 is 4.74 Å². The minimum atomic E-state index is -2.78. The molecule has 0 heterocycles. The van der Waals surface area contributed by atoms with Crippen LogP contribution in [0.5, 0.6) is 5.75 Å². The lowest BCUT2D eigenvalue weighted by atomic mass is 9.84. The van der Waals surface area contributed by atoms with E-state index in [2.05, 4.69) is 10.8 Å². The topological polar surface area (TPSA) is 9.23 Å². The Bertz CT molecular complexity index is 436. The largest absolute Gasteiger partial charge is 0.435 e. The zero-order valence-corrected chi connectivity index (χ0v) is 12.1. The van der Waals surface area contributed by atoms with Crippen LogP contribution in [0.2, 0.25) is 0 Å². The van der Waals surface area contributed by atoms with Gasteiger partial charge in [0, 0.05) is 5.88 Å². The highest BCUT2D eigenvalue weighted by Crippen LogP contribution is 2.31. The molecule has 110 valence electrons. The molecule has 1 aromatic rings. The van der Waals surface area contributed by atoms with Crippen LogP contribution in [0.25, 0.3) is 6.08 Å². The van der Waals surface area contributed by atoms with Crippen molar-refractivity contribution in [2.24, 2.45) is 5.92 Å². The van der Waals surface area contributed by atoms with E-state index >= 15 is 0 Å². The van der Waals surface area contributed by atoms with Crippen molar-refractivity contribution in [2.45, 2.75) is 38.7 Å². The van der Waals surface area contributed by atoms with Gasteiger partial charge in [-0.15, -0.1) is 11.6 Å². The van der Waals surface area contributed by atoms with E-state index in [0.717, 1.165) is 5.56 Å². The lowest BCUT2D eigenvalue weighted by Gasteiger charge is -2.23. The Morgan fingerprint density at radius 1 is 1.20 bits per heavy atom. The smallest absolute Gasteiger partial charge is 0.387 e. The third-order valence-corrected chi connectivity index (χ3v) is 4.05. The molecule has 1 fully saturated rings. The first-order valence-corrected chi connectivity index (χ1v) is 7.54. The summed E-state index contributed by atoms with van der Waals surface area (Å²) in [5, 5.41) is 0. The molecular weight excluding hydrogens is 282 g/mol. The molecule has 0 aliphatic heterocycles. The molecule has 0 unspecified atom stereocenters. The second kappa shape index (κ2) is 7.63. The molecule has 0 N–H and O–H groups in total. The maximum atomic E-state index is 12.1. The zero-order valence-electron chi connectivity index (χ0n) is 11.3. The Hall–Kier alpha value is -1.09. The SMILES string of the molecule is FC(F)Oc1ccc(/C=C(/CCl)C2CCCCC2)cc1. The normalized spacial score (nSPS) is 17.5. The van der Waals surface area contributed by atoms with Gasteiger partial charge in [-0.1, -0.05) is 43.0 Å². The number of ether oxygens (including phenoxy) is 1. The predicted octanol–water partition coefficient (Wildman–Crippen LogP) is 5.49. The maximum Gasteiger partial charge on any atom is 0.387 e. The molecule has 0 spiro atoms. The average molecular weight is 301 g/mol. The Kier molecular flexibility index (Phi) is 5.84. The molecule has 0 aromatic heterocycles. The Morgan fingerprint density at radius 2 is 1.85 bits per heavy atom. The van der Waals surface area contributed by atoms with E-state index in [1.807, 2.05) is 0 Å². The highest BCUT2D eigenvalue weighted by Gasteiger charge is 2.17. The number of hydrogen-bond acceptors (Lipinski definition) is 1. The number of rotatable bonds is 5. The monoisotopic (exact) mass is 300 g/mol. The van der Waals surface area contributed by atoms with E-state index in [1.165, 1.54) is 37.7 Å². The molecule has 0 saturated heterocycles. The van der Waals surface area contributed by atoms with Crippen LogP contribution in [-0.4, -0.2) is 12.5 Å². The fourth-order valence-electron chi connectivity index (χ4n) is 2.70. The van der Waals surface area contributed by atoms with Crippen LogP contribution in [0.1, 0.15) is 37.7 Å². The number of halogens is 3. The first-order valence-electron chi connectivity index (χ1n) is 7.00. The van der Waals surface area contributed by atoms with Gasteiger partial charge in [0.25, 0.3) is 0 Å². The van der Waals surface area contributed by atoms with E-state index in [-0.39, 0.29) is 5.75 Å². The molecule has 1 aromatic carbocycles. The van der Waals surface area contributed by atoms with Gasteiger partial charge in [-0.05, 0) is 36.5 Å². The lowest BCUT2D eigenvalue weighted by molar-refractivity contribution is -0.0498. The first kappa shape index (κ1) is 15.3. The molecule has 1 nitrogen and oxygen atoms in total. The van der Waals surface area contributed by atoms with Crippen molar-refractivity contribution in [2.75, 3.05) is 5.88 Å². The van der Waals surface area contributed by atoms with Crippen LogP contribution in [0, 0.1) is 5.92 Å². The summed E-state index contributed by atoms with van der Waals surface area (Å²) in [6.07, 6.45) is 8.32. The summed E-state index contributed by atoms with van der Waals surface area (Å²) in [4.78, 5) is 0. The summed E-state index contributed by atoms with van der Waals surface area (Å²) < 4.78 is 28.5. The van der Waals surface area contributed by atoms with E-state index in [1.54, 1.807) is 24.3 Å². The molecule has 0 bridgehead atoms. The summed E-state index contributed by atoms with van der Waals surface area (Å²) in [5.41, 5.74) is 2.22. The molecule has 1 saturated carbocycles. The third-order valence-electron chi connectivity index (χ3n) is 3.74. The predicted molar refractivity (Wildman–Crippen MR) is 78.3 cm³/mol. The van der Waals surface area contributed by atoms with Crippen LogP contribution in [-0.2, 0) is 0 Å². The summed E-state index contributed by atoms with van der Waals surface area (Å²) in [6.45, 7) is -2.78. The van der Waals surface area contributed by atoms with Gasteiger partial charge in [-0.25, -0.2) is 0 Å². The molecule has 2 rings (SSSR count). The molecule has 0 atom stereocenters. The summed E-state index contributed by atoms with van der Waals surface area (Å²) in [5.74, 6) is 1.28. The lowest BCUT2D eigenvalue weighted by Crippen LogP contribution is -2.10. The van der Waals surface area contributed by atoms with Crippen molar-refractivity contribution in [3.05, 3.63) is 35.4 Å². The van der Waals surface area contributed by atoms with Crippen molar-refractivity contribution < 1.29 is 13.5 Å². The number of alkyl halides is 3. The van der Waals surface area contributed by atoms with E-state index < -0.39 is 6.61 Å². The van der Waals surface area contributed by atoms with Gasteiger partial charge in [0.15, 0.2) is 0 Å². The van der Waals surface area contributed by atoms with Crippen molar-refractivity contribution >= 4 is 17.7 Å². The standard InChI is InChI=1S/C16H19ClF2O/c17-11-14(13-4-2-1-3-5-13)10-12-6-8-15(9-7-12)20-16(18)19/h6-10,13,16H,1-5,11H2/b14-10-. The minimum absolute atomic E-state index is 0.183. The van der Waals surface area contributed by atoms with E-state index in [0.29, 0.717) is 11.8 Å². The first-order chi connectivity index (χ1) is 9.69. The molecule has 0 radical (unpaired) electrons. The summed E-state index contributed by atoms with van der Waals surface area (Å²) >= 11 is 6.06. The van der Waals surface area contributed by atoms with Gasteiger partial charge in [-0.2, -0.15) is 8.78 Å². The second-order valence-corrected chi connectivity index (χ2v) is 5.40. The molecule has 4 heteroatoms. The number of allylic oxidation sites excluding steroid dienone is 1. The van der Waals surface area contributed by atoms with Crippen LogP contribution in [0.15, 0.2) is 29.8 Å². The van der Waals surface area contributed by atoms with Crippen LogP contribution in [0.3, 0.4) is 0 Å². The van der Waals surface area contributed by atoms with Gasteiger partial charge >= 0.3 is 6.61 Å². The van der Waals surface area contributed by atoms with Crippen molar-refractivity contribution in [1.82, 2.24) is 0 Å². The van der Waals surface area contributed by atoms with Crippen LogP contribution >= 0.6 is 11.6 Å². The fourth-order valence-corrected chi connectivity index (χ4v) is 2.99. The summed E-state index contributed by atoms with van der Waals surface area (Å²) in [6, 6.07) is 6.69. The molecule has 0 amide bonds. The summed E-state index contributed by atoms with van der Waals surface area (Å²) in [7, 11) is 0. The van der Waals surface area contributed by atoms with Crippen LogP contribution < -0.4 is 4.74 Å². The van der Waals surface area contributed by atoms with Gasteiger partial charge in [-0.3, -0.25) is 0 Å². The Balaban J connectivity index is 2.06. The number of benzene rings is 1. The quantitative estimate of drug-likeness (QED) is 0.653. The van der Waals surface area contributed by atoms with Crippen molar-refractivity contribution in [1.29, 1.82) is 0 Å². The highest BCUT2D eigenvalue weighted by atomic mass is 35.5. The third kappa shape index (κ3) is 4.48. The average Bonchev–Trinajstić information content (AvgIpc) is 2.47. The fraction of sp³-hybridized carbons (Fsp3) is 0.500. The second-order valence-electron chi connectivity index (χ2n) is 5.14. The number of hydrogen-bond donors (Lipinski definition) is 0.